The lowest BCUT2D eigenvalue weighted by Crippen LogP contribution is -2.51. The number of nitrogens with two attached hydrogens (primary N) is 1. The minimum absolute atomic E-state index is 0.128. The van der Waals surface area contributed by atoms with Crippen molar-refractivity contribution in [2.75, 3.05) is 39.3 Å². The Morgan fingerprint density at radius 1 is 1.30 bits per heavy atom. The molecule has 114 valence electrons. The van der Waals surface area contributed by atoms with E-state index in [4.69, 9.17) is 5.73 Å². The van der Waals surface area contributed by atoms with Crippen LogP contribution in [-0.4, -0.2) is 55.2 Å². The van der Waals surface area contributed by atoms with E-state index in [9.17, 15) is 13.2 Å². The molecule has 1 aromatic rings. The van der Waals surface area contributed by atoms with Gasteiger partial charge in [-0.2, -0.15) is 13.2 Å². The van der Waals surface area contributed by atoms with Crippen molar-refractivity contribution in [3.8, 4) is 0 Å². The van der Waals surface area contributed by atoms with Gasteiger partial charge in [-0.1, -0.05) is 0 Å². The molecule has 0 radical (unpaired) electrons. The maximum absolute atomic E-state index is 12.4. The summed E-state index contributed by atoms with van der Waals surface area (Å²) in [6, 6.07) is 2.19. The number of alkyl halides is 3. The molecule has 0 aromatic carbocycles. The summed E-state index contributed by atoms with van der Waals surface area (Å²) in [7, 11) is 0. The summed E-state index contributed by atoms with van der Waals surface area (Å²) in [4.78, 5) is 4.90. The third kappa shape index (κ3) is 3.94. The molecule has 20 heavy (non-hydrogen) atoms. The van der Waals surface area contributed by atoms with Crippen LogP contribution in [0.3, 0.4) is 0 Å². The van der Waals surface area contributed by atoms with Crippen LogP contribution < -0.4 is 5.73 Å². The number of rotatable bonds is 4. The van der Waals surface area contributed by atoms with E-state index in [1.807, 2.05) is 12.3 Å². The predicted molar refractivity (Wildman–Crippen MR) is 74.9 cm³/mol. The van der Waals surface area contributed by atoms with E-state index in [0.717, 1.165) is 0 Å². The molecule has 2 rings (SSSR count). The third-order valence-electron chi connectivity index (χ3n) is 3.68. The molecule has 2 heterocycles. The Morgan fingerprint density at radius 3 is 2.40 bits per heavy atom. The highest BCUT2D eigenvalue weighted by Crippen LogP contribution is 2.29. The Balaban J connectivity index is 1.94. The van der Waals surface area contributed by atoms with Gasteiger partial charge in [0.15, 0.2) is 0 Å². The topological polar surface area (TPSA) is 32.5 Å². The monoisotopic (exact) mass is 307 g/mol. The summed E-state index contributed by atoms with van der Waals surface area (Å²) < 4.78 is 37.1. The molecule has 1 atom stereocenters. The largest absolute Gasteiger partial charge is 0.401 e. The van der Waals surface area contributed by atoms with Gasteiger partial charge >= 0.3 is 6.18 Å². The molecular weight excluding hydrogens is 287 g/mol. The maximum atomic E-state index is 12.4. The first-order valence-corrected chi connectivity index (χ1v) is 7.56. The summed E-state index contributed by atoms with van der Waals surface area (Å²) in [5.41, 5.74) is 7.08. The smallest absolute Gasteiger partial charge is 0.329 e. The zero-order chi connectivity index (χ0) is 14.8. The highest BCUT2D eigenvalue weighted by atomic mass is 32.1. The van der Waals surface area contributed by atoms with Crippen molar-refractivity contribution < 1.29 is 13.2 Å². The zero-order valence-electron chi connectivity index (χ0n) is 11.5. The zero-order valence-corrected chi connectivity index (χ0v) is 12.3. The molecule has 0 spiro atoms. The Labute approximate surface area is 121 Å². The van der Waals surface area contributed by atoms with Crippen molar-refractivity contribution in [3.63, 3.8) is 0 Å². The number of aryl methyl sites for hydroxylation is 1. The number of thiophene rings is 1. The normalized spacial score (nSPS) is 20.2. The van der Waals surface area contributed by atoms with E-state index >= 15 is 0 Å². The van der Waals surface area contributed by atoms with Crippen LogP contribution in [0.4, 0.5) is 13.2 Å². The Hall–Kier alpha value is -0.630. The summed E-state index contributed by atoms with van der Waals surface area (Å²) in [5, 5.41) is 2.03. The van der Waals surface area contributed by atoms with E-state index in [-0.39, 0.29) is 6.04 Å². The van der Waals surface area contributed by atoms with Gasteiger partial charge in [-0.25, -0.2) is 0 Å². The van der Waals surface area contributed by atoms with Crippen LogP contribution >= 0.6 is 11.3 Å². The van der Waals surface area contributed by atoms with Crippen LogP contribution in [0.5, 0.6) is 0 Å². The first kappa shape index (κ1) is 15.8. The first-order chi connectivity index (χ1) is 9.40. The summed E-state index contributed by atoms with van der Waals surface area (Å²) in [6.45, 7) is 3.90. The fourth-order valence-corrected chi connectivity index (χ4v) is 3.71. The molecule has 1 unspecified atom stereocenters. The van der Waals surface area contributed by atoms with Gasteiger partial charge in [0.05, 0.1) is 12.6 Å². The lowest BCUT2D eigenvalue weighted by molar-refractivity contribution is -0.149. The van der Waals surface area contributed by atoms with E-state index < -0.39 is 12.7 Å². The molecule has 1 aliphatic rings. The molecule has 2 N–H and O–H groups in total. The number of hydrogen-bond donors (Lipinski definition) is 1. The van der Waals surface area contributed by atoms with Crippen molar-refractivity contribution in [2.24, 2.45) is 5.73 Å². The predicted octanol–water partition coefficient (Wildman–Crippen LogP) is 2.24. The second-order valence-electron chi connectivity index (χ2n) is 5.15. The van der Waals surface area contributed by atoms with Gasteiger partial charge < -0.3 is 5.73 Å². The fraction of sp³-hybridized carbons (Fsp3) is 0.692. The molecule has 1 aliphatic heterocycles. The van der Waals surface area contributed by atoms with Gasteiger partial charge in [0.2, 0.25) is 0 Å². The minimum Gasteiger partial charge on any atom is -0.329 e. The fourth-order valence-electron chi connectivity index (χ4n) is 2.63. The highest BCUT2D eigenvalue weighted by Gasteiger charge is 2.33. The summed E-state index contributed by atoms with van der Waals surface area (Å²) in [5.74, 6) is 0. The van der Waals surface area contributed by atoms with E-state index in [1.165, 1.54) is 15.3 Å². The average molecular weight is 307 g/mol. The second-order valence-corrected chi connectivity index (χ2v) is 6.09. The molecule has 0 bridgehead atoms. The van der Waals surface area contributed by atoms with Gasteiger partial charge in [-0.15, -0.1) is 11.3 Å². The van der Waals surface area contributed by atoms with Crippen LogP contribution in [0.15, 0.2) is 11.4 Å². The SMILES string of the molecule is Cc1ccsc1C(CN)N1CCN(CC(F)(F)F)CC1. The van der Waals surface area contributed by atoms with Crippen molar-refractivity contribution in [1.29, 1.82) is 0 Å². The van der Waals surface area contributed by atoms with Gasteiger partial charge in [0.25, 0.3) is 0 Å². The van der Waals surface area contributed by atoms with Gasteiger partial charge in [0, 0.05) is 37.6 Å². The molecule has 1 saturated heterocycles. The maximum Gasteiger partial charge on any atom is 0.401 e. The summed E-state index contributed by atoms with van der Waals surface area (Å²) >= 11 is 1.67. The van der Waals surface area contributed by atoms with Crippen LogP contribution in [0, 0.1) is 6.92 Å². The van der Waals surface area contributed by atoms with E-state index in [0.29, 0.717) is 32.7 Å². The van der Waals surface area contributed by atoms with E-state index in [1.54, 1.807) is 11.3 Å². The molecule has 7 heteroatoms. The number of piperazine rings is 1. The number of hydrogen-bond acceptors (Lipinski definition) is 4. The Bertz CT molecular complexity index is 425. The molecule has 1 fully saturated rings. The summed E-state index contributed by atoms with van der Waals surface area (Å²) in [6.07, 6.45) is -4.11. The van der Waals surface area contributed by atoms with Crippen molar-refractivity contribution in [1.82, 2.24) is 9.80 Å². The number of halogens is 3. The third-order valence-corrected chi connectivity index (χ3v) is 4.80. The van der Waals surface area contributed by atoms with Gasteiger partial charge in [-0.05, 0) is 23.9 Å². The Kier molecular flexibility index (Phi) is 5.06. The Morgan fingerprint density at radius 2 is 1.95 bits per heavy atom. The first-order valence-electron chi connectivity index (χ1n) is 6.68. The quantitative estimate of drug-likeness (QED) is 0.926. The van der Waals surface area contributed by atoms with Crippen LogP contribution in [0.25, 0.3) is 0 Å². The van der Waals surface area contributed by atoms with E-state index in [2.05, 4.69) is 11.0 Å². The second kappa shape index (κ2) is 6.43. The van der Waals surface area contributed by atoms with Crippen LogP contribution in [0.1, 0.15) is 16.5 Å². The minimum atomic E-state index is -4.11. The molecule has 0 aliphatic carbocycles. The lowest BCUT2D eigenvalue weighted by atomic mass is 10.1. The van der Waals surface area contributed by atoms with Gasteiger partial charge in [0.1, 0.15) is 0 Å². The van der Waals surface area contributed by atoms with Crippen LogP contribution in [0.2, 0.25) is 0 Å². The van der Waals surface area contributed by atoms with Crippen LogP contribution in [-0.2, 0) is 0 Å². The van der Waals surface area contributed by atoms with Crippen molar-refractivity contribution in [3.05, 3.63) is 21.9 Å². The number of nitrogens with zero attached hydrogens (tertiary/aromatic N) is 2. The highest BCUT2D eigenvalue weighted by molar-refractivity contribution is 7.10. The molecule has 1 aromatic heterocycles. The molecule has 0 saturated carbocycles. The van der Waals surface area contributed by atoms with Crippen molar-refractivity contribution >= 4 is 11.3 Å². The molecular formula is C13H20F3N3S. The molecule has 0 amide bonds. The van der Waals surface area contributed by atoms with Gasteiger partial charge in [-0.3, -0.25) is 9.80 Å². The average Bonchev–Trinajstić information content (AvgIpc) is 2.77. The lowest BCUT2D eigenvalue weighted by Gasteiger charge is -2.39. The standard InChI is InChI=1S/C13H20F3N3S/c1-10-2-7-20-12(10)11(8-17)19-5-3-18(4-6-19)9-13(14,15)16/h2,7,11H,3-6,8-9,17H2,1H3. The molecule has 3 nitrogen and oxygen atoms in total. The van der Waals surface area contributed by atoms with Crippen molar-refractivity contribution in [2.45, 2.75) is 19.1 Å².